The van der Waals surface area contributed by atoms with Gasteiger partial charge in [0, 0.05) is 11.9 Å². The van der Waals surface area contributed by atoms with E-state index in [1.807, 2.05) is 45.0 Å². The van der Waals surface area contributed by atoms with E-state index in [4.69, 9.17) is 14.6 Å². The molecule has 0 aliphatic carbocycles. The summed E-state index contributed by atoms with van der Waals surface area (Å²) in [6.07, 6.45) is 1.31. The molecule has 1 aromatic carbocycles. The van der Waals surface area contributed by atoms with Crippen molar-refractivity contribution in [3.05, 3.63) is 54.2 Å². The van der Waals surface area contributed by atoms with Crippen LogP contribution in [0, 0.1) is 0 Å². The highest BCUT2D eigenvalue weighted by Gasteiger charge is 2.32. The van der Waals surface area contributed by atoms with Gasteiger partial charge in [0.25, 0.3) is 0 Å². The van der Waals surface area contributed by atoms with Gasteiger partial charge >= 0.3 is 6.09 Å². The Morgan fingerprint density at radius 2 is 2.19 bits per heavy atom. The highest BCUT2D eigenvalue weighted by atomic mass is 16.6. The monoisotopic (exact) mass is 355 g/mol. The van der Waals surface area contributed by atoms with Crippen molar-refractivity contribution in [1.29, 1.82) is 0 Å². The standard InChI is InChI=1S/C20H25N3O3/c1-5-10-25-22-18-13-23(19(24)26-20(2,3)4)12-17-15(18)11-14-8-6-7-9-16(14)21-17/h5-9,11,18,22H,1,10,12-13H2,2-4H3. The van der Waals surface area contributed by atoms with Gasteiger partial charge in [-0.05, 0) is 38.5 Å². The Kier molecular flexibility index (Phi) is 5.25. The molecule has 6 nitrogen and oxygen atoms in total. The lowest BCUT2D eigenvalue weighted by atomic mass is 9.98. The fourth-order valence-electron chi connectivity index (χ4n) is 2.94. The maximum atomic E-state index is 12.6. The Morgan fingerprint density at radius 3 is 2.92 bits per heavy atom. The second-order valence-electron chi connectivity index (χ2n) is 7.35. The molecule has 0 bridgehead atoms. The number of hydrogen-bond acceptors (Lipinski definition) is 5. The van der Waals surface area contributed by atoms with Crippen LogP contribution in [0.3, 0.4) is 0 Å². The molecule has 0 fully saturated rings. The summed E-state index contributed by atoms with van der Waals surface area (Å²) >= 11 is 0. The zero-order valence-corrected chi connectivity index (χ0v) is 15.5. The lowest BCUT2D eigenvalue weighted by molar-refractivity contribution is -0.00221. The van der Waals surface area contributed by atoms with E-state index in [1.54, 1.807) is 11.0 Å². The van der Waals surface area contributed by atoms with Gasteiger partial charge in [-0.15, -0.1) is 6.58 Å². The van der Waals surface area contributed by atoms with Crippen molar-refractivity contribution in [2.75, 3.05) is 13.2 Å². The van der Waals surface area contributed by atoms with Crippen molar-refractivity contribution in [3.8, 4) is 0 Å². The maximum Gasteiger partial charge on any atom is 0.410 e. The number of carbonyl (C=O) groups excluding carboxylic acids is 1. The smallest absolute Gasteiger partial charge is 0.410 e. The van der Waals surface area contributed by atoms with E-state index >= 15 is 0 Å². The summed E-state index contributed by atoms with van der Waals surface area (Å²) in [5, 5.41) is 1.06. The first kappa shape index (κ1) is 18.4. The molecule has 3 rings (SSSR count). The van der Waals surface area contributed by atoms with Crippen LogP contribution in [0.1, 0.15) is 38.1 Å². The molecule has 1 unspecified atom stereocenters. The molecule has 1 aromatic heterocycles. The first-order valence-corrected chi connectivity index (χ1v) is 8.72. The number of fused-ring (bicyclic) bond motifs is 2. The van der Waals surface area contributed by atoms with Gasteiger partial charge in [-0.3, -0.25) is 9.82 Å². The molecule has 1 N–H and O–H groups in total. The van der Waals surface area contributed by atoms with E-state index in [0.717, 1.165) is 22.2 Å². The van der Waals surface area contributed by atoms with Crippen LogP contribution in [-0.4, -0.2) is 34.7 Å². The molecule has 0 spiro atoms. The van der Waals surface area contributed by atoms with Crippen LogP contribution >= 0.6 is 0 Å². The maximum absolute atomic E-state index is 12.6. The van der Waals surface area contributed by atoms with Crippen LogP contribution in [-0.2, 0) is 16.1 Å². The van der Waals surface area contributed by atoms with Gasteiger partial charge < -0.3 is 9.64 Å². The minimum Gasteiger partial charge on any atom is -0.444 e. The summed E-state index contributed by atoms with van der Waals surface area (Å²) < 4.78 is 5.53. The van der Waals surface area contributed by atoms with E-state index in [1.165, 1.54) is 0 Å². The lowest BCUT2D eigenvalue weighted by Gasteiger charge is -2.35. The molecule has 1 aliphatic heterocycles. The van der Waals surface area contributed by atoms with Gasteiger partial charge in [0.2, 0.25) is 0 Å². The van der Waals surface area contributed by atoms with Crippen LogP contribution in [0.5, 0.6) is 0 Å². The molecule has 1 atom stereocenters. The number of rotatable bonds is 4. The molecule has 1 amide bonds. The predicted molar refractivity (Wildman–Crippen MR) is 100 cm³/mol. The molecule has 6 heteroatoms. The Hall–Kier alpha value is -2.44. The fourth-order valence-corrected chi connectivity index (χ4v) is 2.94. The predicted octanol–water partition coefficient (Wildman–Crippen LogP) is 3.73. The molecule has 0 saturated heterocycles. The van der Waals surface area contributed by atoms with E-state index in [2.05, 4.69) is 18.1 Å². The summed E-state index contributed by atoms with van der Waals surface area (Å²) in [6, 6.07) is 9.87. The van der Waals surface area contributed by atoms with Crippen LogP contribution in [0.4, 0.5) is 4.79 Å². The van der Waals surface area contributed by atoms with E-state index < -0.39 is 5.60 Å². The zero-order valence-electron chi connectivity index (χ0n) is 15.5. The van der Waals surface area contributed by atoms with E-state index in [0.29, 0.717) is 19.7 Å². The van der Waals surface area contributed by atoms with Crippen LogP contribution < -0.4 is 5.48 Å². The van der Waals surface area contributed by atoms with Crippen LogP contribution in [0.2, 0.25) is 0 Å². The third kappa shape index (κ3) is 4.20. The number of para-hydroxylation sites is 1. The van der Waals surface area contributed by atoms with Gasteiger partial charge in [0.1, 0.15) is 5.60 Å². The number of nitrogens with one attached hydrogen (secondary N) is 1. The number of ether oxygens (including phenoxy) is 1. The highest BCUT2D eigenvalue weighted by Crippen LogP contribution is 2.29. The van der Waals surface area contributed by atoms with Crippen molar-refractivity contribution in [2.45, 2.75) is 39.0 Å². The van der Waals surface area contributed by atoms with Gasteiger partial charge in [-0.1, -0.05) is 24.3 Å². The number of nitrogens with zero attached hydrogens (tertiary/aromatic N) is 2. The van der Waals surface area contributed by atoms with Gasteiger partial charge in [0.15, 0.2) is 0 Å². The second-order valence-corrected chi connectivity index (χ2v) is 7.35. The third-order valence-corrected chi connectivity index (χ3v) is 4.03. The van der Waals surface area contributed by atoms with Crippen molar-refractivity contribution in [2.24, 2.45) is 0 Å². The number of aromatic nitrogens is 1. The van der Waals surface area contributed by atoms with Gasteiger partial charge in [0.05, 0.1) is 30.4 Å². The molecule has 0 saturated carbocycles. The minimum atomic E-state index is -0.545. The third-order valence-electron chi connectivity index (χ3n) is 4.03. The molecule has 1 aliphatic rings. The number of carbonyl (C=O) groups is 1. The first-order chi connectivity index (χ1) is 12.4. The van der Waals surface area contributed by atoms with Crippen LogP contribution in [0.25, 0.3) is 10.9 Å². The van der Waals surface area contributed by atoms with Crippen LogP contribution in [0.15, 0.2) is 43.0 Å². The molecule has 0 radical (unpaired) electrons. The second kappa shape index (κ2) is 7.43. The molecule has 2 heterocycles. The largest absolute Gasteiger partial charge is 0.444 e. The number of pyridine rings is 1. The number of benzene rings is 1. The topological polar surface area (TPSA) is 63.7 Å². The molecule has 138 valence electrons. The highest BCUT2D eigenvalue weighted by molar-refractivity contribution is 5.80. The summed E-state index contributed by atoms with van der Waals surface area (Å²) in [5.41, 5.74) is 5.27. The quantitative estimate of drug-likeness (QED) is 0.514. The minimum absolute atomic E-state index is 0.191. The fraction of sp³-hybridized carbons (Fsp3) is 0.400. The molecule has 2 aromatic rings. The number of hydrogen-bond donors (Lipinski definition) is 1. The first-order valence-electron chi connectivity index (χ1n) is 8.72. The summed E-state index contributed by atoms with van der Waals surface area (Å²) in [7, 11) is 0. The molecular weight excluding hydrogens is 330 g/mol. The van der Waals surface area contributed by atoms with Gasteiger partial charge in [-0.25, -0.2) is 4.79 Å². The Morgan fingerprint density at radius 1 is 1.42 bits per heavy atom. The Labute approximate surface area is 153 Å². The van der Waals surface area contributed by atoms with E-state index in [9.17, 15) is 4.79 Å². The molecular formula is C20H25N3O3. The Balaban J connectivity index is 1.92. The average Bonchev–Trinajstić information content (AvgIpc) is 2.58. The number of hydroxylamine groups is 1. The average molecular weight is 355 g/mol. The van der Waals surface area contributed by atoms with Crippen molar-refractivity contribution in [3.63, 3.8) is 0 Å². The van der Waals surface area contributed by atoms with Crippen molar-refractivity contribution < 1.29 is 14.4 Å². The Bertz CT molecular complexity index is 814. The lowest BCUT2D eigenvalue weighted by Crippen LogP contribution is -2.45. The molecule has 26 heavy (non-hydrogen) atoms. The van der Waals surface area contributed by atoms with Crippen molar-refractivity contribution >= 4 is 17.0 Å². The van der Waals surface area contributed by atoms with E-state index in [-0.39, 0.29) is 12.1 Å². The SMILES string of the molecule is C=CCONC1CN(C(=O)OC(C)(C)C)Cc2nc3ccccc3cc21. The van der Waals surface area contributed by atoms with Gasteiger partial charge in [-0.2, -0.15) is 5.48 Å². The number of amides is 1. The summed E-state index contributed by atoms with van der Waals surface area (Å²) in [5.74, 6) is 0. The van der Waals surface area contributed by atoms with Crippen molar-refractivity contribution in [1.82, 2.24) is 15.4 Å². The summed E-state index contributed by atoms with van der Waals surface area (Å²) in [6.45, 7) is 10.5. The normalized spacial score (nSPS) is 17.0. The summed E-state index contributed by atoms with van der Waals surface area (Å²) in [4.78, 5) is 24.4. The zero-order chi connectivity index (χ0) is 18.7.